The predicted molar refractivity (Wildman–Crippen MR) is 106 cm³/mol. The molecule has 134 valence electrons. The molecule has 1 aliphatic heterocycles. The van der Waals surface area contributed by atoms with Gasteiger partial charge < -0.3 is 4.74 Å². The predicted octanol–water partition coefficient (Wildman–Crippen LogP) is 4.35. The molecule has 2 aromatic carbocycles. The average molecular weight is 367 g/mol. The zero-order chi connectivity index (χ0) is 18.8. The summed E-state index contributed by atoms with van der Waals surface area (Å²) in [6.45, 7) is 5.89. The van der Waals surface area contributed by atoms with Crippen LogP contribution in [0.5, 0.6) is 5.75 Å². The molecular weight excluding hydrogens is 346 g/mol. The Hall–Kier alpha value is -2.53. The fourth-order valence-electron chi connectivity index (χ4n) is 3.11. The summed E-state index contributed by atoms with van der Waals surface area (Å²) in [6, 6.07) is 13.0. The zero-order valence-corrected chi connectivity index (χ0v) is 16.1. The molecule has 0 spiro atoms. The van der Waals surface area contributed by atoms with Crippen molar-refractivity contribution in [2.45, 2.75) is 20.8 Å². The second-order valence-corrected chi connectivity index (χ2v) is 7.43. The summed E-state index contributed by atoms with van der Waals surface area (Å²) in [6.07, 6.45) is 0. The summed E-state index contributed by atoms with van der Waals surface area (Å²) in [7, 11) is 1.60. The van der Waals surface area contributed by atoms with Gasteiger partial charge in [-0.25, -0.2) is 4.90 Å². The minimum atomic E-state index is -0.277. The van der Waals surface area contributed by atoms with E-state index in [1.807, 2.05) is 51.1 Å². The van der Waals surface area contributed by atoms with Gasteiger partial charge in [0.1, 0.15) is 5.75 Å². The van der Waals surface area contributed by atoms with E-state index in [2.05, 4.69) is 0 Å². The second kappa shape index (κ2) is 7.38. The summed E-state index contributed by atoms with van der Waals surface area (Å²) in [5.74, 6) is 0.898. The Morgan fingerprint density at radius 3 is 2.12 bits per heavy atom. The smallest absolute Gasteiger partial charge is 0.272 e. The molecule has 0 saturated carbocycles. The molecule has 0 aliphatic carbocycles. The van der Waals surface area contributed by atoms with Gasteiger partial charge >= 0.3 is 0 Å². The van der Waals surface area contributed by atoms with Crippen LogP contribution in [0.4, 0.5) is 5.69 Å². The van der Waals surface area contributed by atoms with Crippen molar-refractivity contribution in [1.82, 2.24) is 0 Å². The van der Waals surface area contributed by atoms with Gasteiger partial charge in [0.25, 0.3) is 11.8 Å². The summed E-state index contributed by atoms with van der Waals surface area (Å²) >= 11 is 1.41. The molecule has 0 fully saturated rings. The Balaban J connectivity index is 2.08. The van der Waals surface area contributed by atoms with Crippen molar-refractivity contribution in [3.63, 3.8) is 0 Å². The monoisotopic (exact) mass is 367 g/mol. The maximum Gasteiger partial charge on any atom is 0.272 e. The van der Waals surface area contributed by atoms with Crippen LogP contribution in [-0.4, -0.2) is 24.7 Å². The lowest BCUT2D eigenvalue weighted by molar-refractivity contribution is -0.119. The molecule has 2 amide bonds. The number of rotatable bonds is 5. The molecule has 0 radical (unpaired) electrons. The first-order valence-electron chi connectivity index (χ1n) is 8.44. The van der Waals surface area contributed by atoms with Crippen LogP contribution in [0, 0.1) is 13.8 Å². The van der Waals surface area contributed by atoms with Gasteiger partial charge in [-0.15, -0.1) is 11.8 Å². The van der Waals surface area contributed by atoms with Gasteiger partial charge in [0.2, 0.25) is 0 Å². The number of nitrogens with zero attached hydrogens (tertiary/aromatic N) is 1. The number of methoxy groups -OCH3 is 1. The Labute approximate surface area is 157 Å². The molecule has 26 heavy (non-hydrogen) atoms. The van der Waals surface area contributed by atoms with Gasteiger partial charge in [-0.1, -0.05) is 25.1 Å². The van der Waals surface area contributed by atoms with Crippen molar-refractivity contribution < 1.29 is 14.3 Å². The molecular formula is C21H21NO3S. The molecule has 1 aliphatic rings. The van der Waals surface area contributed by atoms with Crippen LogP contribution in [0.25, 0.3) is 5.57 Å². The summed E-state index contributed by atoms with van der Waals surface area (Å²) in [5.41, 5.74) is 3.84. The van der Waals surface area contributed by atoms with Gasteiger partial charge in [-0.05, 0) is 60.6 Å². The van der Waals surface area contributed by atoms with Gasteiger partial charge in [-0.3, -0.25) is 9.59 Å². The highest BCUT2D eigenvalue weighted by Crippen LogP contribution is 2.39. The van der Waals surface area contributed by atoms with Crippen molar-refractivity contribution in [1.29, 1.82) is 0 Å². The number of imide groups is 1. The first-order chi connectivity index (χ1) is 12.5. The molecule has 0 N–H and O–H groups in total. The van der Waals surface area contributed by atoms with Crippen LogP contribution in [-0.2, 0) is 9.59 Å². The van der Waals surface area contributed by atoms with Crippen molar-refractivity contribution in [2.75, 3.05) is 17.8 Å². The quantitative estimate of drug-likeness (QED) is 0.737. The van der Waals surface area contributed by atoms with Crippen LogP contribution < -0.4 is 9.64 Å². The lowest BCUT2D eigenvalue weighted by atomic mass is 10.1. The standard InChI is InChI=1S/C21H21NO3S/c1-5-26-19-18(15-6-8-17(25-4)9-7-15)20(23)22(21(19)24)16-11-13(2)10-14(3)12-16/h6-12H,5H2,1-4H3. The zero-order valence-electron chi connectivity index (χ0n) is 15.3. The van der Waals surface area contributed by atoms with Crippen molar-refractivity contribution in [3.05, 3.63) is 64.1 Å². The van der Waals surface area contributed by atoms with Crippen molar-refractivity contribution in [3.8, 4) is 5.75 Å². The first kappa shape index (κ1) is 18.3. The summed E-state index contributed by atoms with van der Waals surface area (Å²) < 4.78 is 5.19. The molecule has 0 atom stereocenters. The minimum Gasteiger partial charge on any atom is -0.497 e. The minimum absolute atomic E-state index is 0.252. The SMILES string of the molecule is CCSC1=C(c2ccc(OC)cc2)C(=O)N(c2cc(C)cc(C)c2)C1=O. The van der Waals surface area contributed by atoms with E-state index in [4.69, 9.17) is 4.74 Å². The van der Waals surface area contributed by atoms with Crippen LogP contribution in [0.3, 0.4) is 0 Å². The third kappa shape index (κ3) is 3.27. The maximum atomic E-state index is 13.2. The molecule has 1 heterocycles. The molecule has 2 aromatic rings. The number of benzene rings is 2. The van der Waals surface area contributed by atoms with E-state index in [9.17, 15) is 9.59 Å². The number of aryl methyl sites for hydroxylation is 2. The second-order valence-electron chi connectivity index (χ2n) is 6.16. The van der Waals surface area contributed by atoms with E-state index < -0.39 is 0 Å². The highest BCUT2D eigenvalue weighted by Gasteiger charge is 2.40. The fraction of sp³-hybridized carbons (Fsp3) is 0.238. The third-order valence-electron chi connectivity index (χ3n) is 4.17. The molecule has 0 saturated heterocycles. The molecule has 5 heteroatoms. The van der Waals surface area contributed by atoms with E-state index in [0.29, 0.717) is 27.7 Å². The number of hydrogen-bond acceptors (Lipinski definition) is 4. The molecule has 3 rings (SSSR count). The van der Waals surface area contributed by atoms with E-state index in [1.54, 1.807) is 19.2 Å². The van der Waals surface area contributed by atoms with Crippen LogP contribution in [0.15, 0.2) is 47.4 Å². The van der Waals surface area contributed by atoms with Gasteiger partial charge in [0.15, 0.2) is 0 Å². The van der Waals surface area contributed by atoms with Gasteiger partial charge in [0.05, 0.1) is 23.3 Å². The van der Waals surface area contributed by atoms with Gasteiger partial charge in [0, 0.05) is 0 Å². The third-order valence-corrected chi connectivity index (χ3v) is 5.13. The molecule has 4 nitrogen and oxygen atoms in total. The Kier molecular flexibility index (Phi) is 5.18. The van der Waals surface area contributed by atoms with E-state index in [-0.39, 0.29) is 11.8 Å². The Morgan fingerprint density at radius 1 is 0.962 bits per heavy atom. The van der Waals surface area contributed by atoms with E-state index in [1.165, 1.54) is 16.7 Å². The lowest BCUT2D eigenvalue weighted by Crippen LogP contribution is -2.31. The van der Waals surface area contributed by atoms with Crippen molar-refractivity contribution in [2.24, 2.45) is 0 Å². The Morgan fingerprint density at radius 2 is 1.58 bits per heavy atom. The maximum absolute atomic E-state index is 13.2. The summed E-state index contributed by atoms with van der Waals surface area (Å²) in [5, 5.41) is 0. The van der Waals surface area contributed by atoms with Crippen molar-refractivity contribution >= 4 is 34.8 Å². The normalized spacial score (nSPS) is 14.4. The van der Waals surface area contributed by atoms with Gasteiger partial charge in [-0.2, -0.15) is 0 Å². The van der Waals surface area contributed by atoms with Crippen LogP contribution >= 0.6 is 11.8 Å². The highest BCUT2D eigenvalue weighted by molar-refractivity contribution is 8.04. The lowest BCUT2D eigenvalue weighted by Gasteiger charge is -2.16. The summed E-state index contributed by atoms with van der Waals surface area (Å²) in [4.78, 5) is 28.0. The average Bonchev–Trinajstić information content (AvgIpc) is 2.85. The number of anilines is 1. The molecule has 0 unspecified atom stereocenters. The van der Waals surface area contributed by atoms with E-state index in [0.717, 1.165) is 16.7 Å². The largest absolute Gasteiger partial charge is 0.497 e. The molecule has 0 aromatic heterocycles. The van der Waals surface area contributed by atoms with E-state index >= 15 is 0 Å². The number of hydrogen-bond donors (Lipinski definition) is 0. The van der Waals surface area contributed by atoms with Crippen LogP contribution in [0.2, 0.25) is 0 Å². The first-order valence-corrected chi connectivity index (χ1v) is 9.43. The number of carbonyl (C=O) groups excluding carboxylic acids is 2. The number of amides is 2. The van der Waals surface area contributed by atoms with Crippen LogP contribution in [0.1, 0.15) is 23.6 Å². The number of thioether (sulfide) groups is 1. The number of ether oxygens (including phenoxy) is 1. The topological polar surface area (TPSA) is 46.6 Å². The Bertz CT molecular complexity index is 880. The number of carbonyl (C=O) groups is 2. The molecule has 0 bridgehead atoms. The fourth-order valence-corrected chi connectivity index (χ4v) is 3.97. The highest BCUT2D eigenvalue weighted by atomic mass is 32.2.